The number of carbonyl (C=O) groups excluding carboxylic acids is 1. The average Bonchev–Trinajstić information content (AvgIpc) is 2.42. The van der Waals surface area contributed by atoms with Gasteiger partial charge in [-0.2, -0.15) is 0 Å². The van der Waals surface area contributed by atoms with Gasteiger partial charge in [-0.05, 0) is 31.2 Å². The van der Waals surface area contributed by atoms with Gasteiger partial charge in [-0.25, -0.2) is 14.4 Å². The number of aromatic nitrogens is 2. The minimum absolute atomic E-state index is 0.120. The molecule has 98 valence electrons. The van der Waals surface area contributed by atoms with Gasteiger partial charge in [-0.1, -0.05) is 0 Å². The molecule has 0 radical (unpaired) electrons. The predicted molar refractivity (Wildman–Crippen MR) is 67.6 cm³/mol. The van der Waals surface area contributed by atoms with Gasteiger partial charge in [0.15, 0.2) is 11.6 Å². The van der Waals surface area contributed by atoms with E-state index in [9.17, 15) is 9.18 Å². The number of anilines is 1. The third kappa shape index (κ3) is 3.25. The molecule has 0 aliphatic carbocycles. The average molecular weight is 261 g/mol. The molecule has 0 fully saturated rings. The molecule has 0 bridgehead atoms. The van der Waals surface area contributed by atoms with Crippen LogP contribution in [-0.4, -0.2) is 22.5 Å². The molecule has 1 heterocycles. The second kappa shape index (κ2) is 5.90. The zero-order valence-electron chi connectivity index (χ0n) is 10.3. The second-order valence-corrected chi connectivity index (χ2v) is 3.60. The van der Waals surface area contributed by atoms with E-state index >= 15 is 0 Å². The number of ether oxygens (including phenoxy) is 1. The highest BCUT2D eigenvalue weighted by molar-refractivity contribution is 6.03. The number of amides is 1. The molecule has 0 aliphatic rings. The Morgan fingerprint density at radius 2 is 2.11 bits per heavy atom. The Morgan fingerprint density at radius 3 is 2.74 bits per heavy atom. The van der Waals surface area contributed by atoms with Crippen LogP contribution in [0.4, 0.5) is 10.3 Å². The maximum atomic E-state index is 13.6. The smallest absolute Gasteiger partial charge is 0.258 e. The van der Waals surface area contributed by atoms with Crippen LogP contribution in [0.25, 0.3) is 0 Å². The number of benzene rings is 1. The van der Waals surface area contributed by atoms with Crippen molar-refractivity contribution >= 4 is 11.9 Å². The summed E-state index contributed by atoms with van der Waals surface area (Å²) >= 11 is 0. The summed E-state index contributed by atoms with van der Waals surface area (Å²) in [6.45, 7) is 2.12. The number of halogens is 1. The summed E-state index contributed by atoms with van der Waals surface area (Å²) in [4.78, 5) is 19.5. The van der Waals surface area contributed by atoms with E-state index in [1.807, 2.05) is 0 Å². The van der Waals surface area contributed by atoms with Crippen molar-refractivity contribution in [2.45, 2.75) is 6.92 Å². The third-order valence-electron chi connectivity index (χ3n) is 2.29. The first kappa shape index (κ1) is 12.9. The number of hydrogen-bond acceptors (Lipinski definition) is 4. The van der Waals surface area contributed by atoms with Crippen molar-refractivity contribution in [3.05, 3.63) is 48.0 Å². The molecule has 6 heteroatoms. The van der Waals surface area contributed by atoms with Gasteiger partial charge in [0.25, 0.3) is 5.91 Å². The summed E-state index contributed by atoms with van der Waals surface area (Å²) in [5.74, 6) is -0.770. The van der Waals surface area contributed by atoms with E-state index in [2.05, 4.69) is 15.3 Å². The van der Waals surface area contributed by atoms with Gasteiger partial charge in [0, 0.05) is 18.0 Å². The quantitative estimate of drug-likeness (QED) is 0.917. The first-order valence-electron chi connectivity index (χ1n) is 5.71. The lowest BCUT2D eigenvalue weighted by molar-refractivity contribution is 0.102. The fraction of sp³-hybridized carbons (Fsp3) is 0.154. The highest BCUT2D eigenvalue weighted by atomic mass is 19.1. The van der Waals surface area contributed by atoms with Crippen LogP contribution in [-0.2, 0) is 0 Å². The van der Waals surface area contributed by atoms with Crippen LogP contribution in [0.2, 0.25) is 0 Å². The monoisotopic (exact) mass is 261 g/mol. The SMILES string of the molecule is CCOc1ccc(C(=O)Nc2ncccn2)cc1F. The number of hydrogen-bond donors (Lipinski definition) is 1. The van der Waals surface area contributed by atoms with Crippen LogP contribution in [0.15, 0.2) is 36.7 Å². The van der Waals surface area contributed by atoms with E-state index in [0.717, 1.165) is 6.07 Å². The van der Waals surface area contributed by atoms with Crippen LogP contribution < -0.4 is 10.1 Å². The number of rotatable bonds is 4. The van der Waals surface area contributed by atoms with Gasteiger partial charge in [0.2, 0.25) is 5.95 Å². The lowest BCUT2D eigenvalue weighted by Gasteiger charge is -2.07. The Morgan fingerprint density at radius 1 is 1.37 bits per heavy atom. The molecule has 1 aromatic heterocycles. The maximum absolute atomic E-state index is 13.6. The number of nitrogens with one attached hydrogen (secondary N) is 1. The normalized spacial score (nSPS) is 10.0. The van der Waals surface area contributed by atoms with Crippen molar-refractivity contribution in [1.29, 1.82) is 0 Å². The van der Waals surface area contributed by atoms with Crippen LogP contribution in [0.3, 0.4) is 0 Å². The summed E-state index contributed by atoms with van der Waals surface area (Å²) in [5.41, 5.74) is 0.174. The first-order chi connectivity index (χ1) is 9.20. The minimum atomic E-state index is -0.580. The van der Waals surface area contributed by atoms with E-state index in [0.29, 0.717) is 6.61 Å². The molecule has 0 unspecified atom stereocenters. The molecular formula is C13H12FN3O2. The molecule has 19 heavy (non-hydrogen) atoms. The largest absolute Gasteiger partial charge is 0.491 e. The fourth-order valence-corrected chi connectivity index (χ4v) is 1.45. The molecule has 0 spiro atoms. The Bertz CT molecular complexity index is 575. The predicted octanol–water partition coefficient (Wildman–Crippen LogP) is 2.27. The molecular weight excluding hydrogens is 249 g/mol. The summed E-state index contributed by atoms with van der Waals surface area (Å²) in [6.07, 6.45) is 3.00. The van der Waals surface area contributed by atoms with Gasteiger partial charge in [0.1, 0.15) is 0 Å². The van der Waals surface area contributed by atoms with E-state index in [4.69, 9.17) is 4.74 Å². The van der Waals surface area contributed by atoms with Crippen molar-refractivity contribution in [1.82, 2.24) is 9.97 Å². The lowest BCUT2D eigenvalue weighted by Crippen LogP contribution is -2.14. The minimum Gasteiger partial charge on any atom is -0.491 e. The van der Waals surface area contributed by atoms with Gasteiger partial charge in [-0.3, -0.25) is 10.1 Å². The Hall–Kier alpha value is -2.50. The molecule has 0 atom stereocenters. The van der Waals surface area contributed by atoms with E-state index in [1.165, 1.54) is 24.5 Å². The Kier molecular flexibility index (Phi) is 4.02. The van der Waals surface area contributed by atoms with Gasteiger partial charge >= 0.3 is 0 Å². The Balaban J connectivity index is 2.14. The standard InChI is InChI=1S/C13H12FN3O2/c1-2-19-11-5-4-9(8-10(11)14)12(18)17-13-15-6-3-7-16-13/h3-8H,2H2,1H3,(H,15,16,17,18). The second-order valence-electron chi connectivity index (χ2n) is 3.60. The number of carbonyl (C=O) groups is 1. The molecule has 0 saturated carbocycles. The van der Waals surface area contributed by atoms with Gasteiger partial charge < -0.3 is 4.74 Å². The number of nitrogens with zero attached hydrogens (tertiary/aromatic N) is 2. The van der Waals surface area contributed by atoms with Crippen LogP contribution >= 0.6 is 0 Å². The molecule has 0 aliphatic heterocycles. The Labute approximate surface area is 109 Å². The van der Waals surface area contributed by atoms with Crippen molar-refractivity contribution < 1.29 is 13.9 Å². The van der Waals surface area contributed by atoms with Crippen LogP contribution in [0, 0.1) is 5.82 Å². The van der Waals surface area contributed by atoms with Crippen LogP contribution in [0.5, 0.6) is 5.75 Å². The van der Waals surface area contributed by atoms with E-state index in [1.54, 1.807) is 13.0 Å². The van der Waals surface area contributed by atoms with Gasteiger partial charge in [-0.15, -0.1) is 0 Å². The third-order valence-corrected chi connectivity index (χ3v) is 2.29. The van der Waals surface area contributed by atoms with Gasteiger partial charge in [0.05, 0.1) is 6.61 Å². The fourth-order valence-electron chi connectivity index (χ4n) is 1.45. The van der Waals surface area contributed by atoms with Crippen LogP contribution in [0.1, 0.15) is 17.3 Å². The molecule has 2 aromatic rings. The molecule has 1 amide bonds. The molecule has 5 nitrogen and oxygen atoms in total. The molecule has 1 aromatic carbocycles. The van der Waals surface area contributed by atoms with Crippen molar-refractivity contribution in [2.24, 2.45) is 0 Å². The van der Waals surface area contributed by atoms with Crippen molar-refractivity contribution in [3.8, 4) is 5.75 Å². The summed E-state index contributed by atoms with van der Waals surface area (Å²) in [7, 11) is 0. The van der Waals surface area contributed by atoms with Crippen molar-refractivity contribution in [3.63, 3.8) is 0 Å². The maximum Gasteiger partial charge on any atom is 0.258 e. The van der Waals surface area contributed by atoms with E-state index in [-0.39, 0.29) is 17.3 Å². The van der Waals surface area contributed by atoms with E-state index < -0.39 is 11.7 Å². The molecule has 0 saturated heterocycles. The summed E-state index contributed by atoms with van der Waals surface area (Å²) in [6, 6.07) is 5.64. The summed E-state index contributed by atoms with van der Waals surface area (Å²) < 4.78 is 18.7. The lowest BCUT2D eigenvalue weighted by atomic mass is 10.2. The first-order valence-corrected chi connectivity index (χ1v) is 5.71. The zero-order valence-corrected chi connectivity index (χ0v) is 10.3. The highest BCUT2D eigenvalue weighted by Gasteiger charge is 2.11. The highest BCUT2D eigenvalue weighted by Crippen LogP contribution is 2.18. The summed E-state index contributed by atoms with van der Waals surface area (Å²) in [5, 5.41) is 2.47. The molecule has 1 N–H and O–H groups in total. The van der Waals surface area contributed by atoms with Crippen molar-refractivity contribution in [2.75, 3.05) is 11.9 Å². The molecule has 2 rings (SSSR count). The topological polar surface area (TPSA) is 64.1 Å². The zero-order chi connectivity index (χ0) is 13.7.